The highest BCUT2D eigenvalue weighted by Crippen LogP contribution is 2.37. The van der Waals surface area contributed by atoms with E-state index in [-0.39, 0.29) is 5.91 Å². The number of hydrogen-bond acceptors (Lipinski definition) is 4. The van der Waals surface area contributed by atoms with Crippen LogP contribution in [0.1, 0.15) is 42.6 Å². The molecule has 1 amide bonds. The normalized spacial score (nSPS) is 16.5. The first kappa shape index (κ1) is 16.5. The third-order valence-electron chi connectivity index (χ3n) is 4.57. The van der Waals surface area contributed by atoms with E-state index in [9.17, 15) is 10.1 Å². The zero-order valence-corrected chi connectivity index (χ0v) is 13.6. The summed E-state index contributed by atoms with van der Waals surface area (Å²) in [6, 6.07) is 2.23. The zero-order valence-electron chi connectivity index (χ0n) is 13.6. The minimum absolute atomic E-state index is 0.143. The maximum absolute atomic E-state index is 12.4. The lowest BCUT2D eigenvalue weighted by Crippen LogP contribution is -2.38. The van der Waals surface area contributed by atoms with Crippen LogP contribution < -0.4 is 5.32 Å². The van der Waals surface area contributed by atoms with Crippen molar-refractivity contribution in [1.29, 1.82) is 5.26 Å². The van der Waals surface area contributed by atoms with Crippen molar-refractivity contribution >= 4 is 5.91 Å². The molecule has 1 aliphatic carbocycles. The summed E-state index contributed by atoms with van der Waals surface area (Å²) in [5, 5.41) is 16.8. The molecule has 1 N–H and O–H groups in total. The minimum Gasteiger partial charge on any atom is -0.383 e. The number of nitrogens with one attached hydrogen (secondary N) is 1. The van der Waals surface area contributed by atoms with Crippen LogP contribution in [0.15, 0.2) is 0 Å². The van der Waals surface area contributed by atoms with E-state index < -0.39 is 5.41 Å². The molecule has 120 valence electrons. The van der Waals surface area contributed by atoms with Crippen LogP contribution in [-0.4, -0.2) is 29.4 Å². The van der Waals surface area contributed by atoms with Crippen molar-refractivity contribution in [3.05, 3.63) is 17.0 Å². The quantitative estimate of drug-likeness (QED) is 0.869. The van der Waals surface area contributed by atoms with Crippen molar-refractivity contribution in [3.63, 3.8) is 0 Å². The summed E-state index contributed by atoms with van der Waals surface area (Å²) >= 11 is 0. The predicted octanol–water partition coefficient (Wildman–Crippen LogP) is 1.85. The Hall–Kier alpha value is -1.87. The Kier molecular flexibility index (Phi) is 5.19. The Morgan fingerprint density at radius 2 is 2.14 bits per heavy atom. The Morgan fingerprint density at radius 3 is 2.73 bits per heavy atom. The number of aryl methyl sites for hydroxylation is 1. The Labute approximate surface area is 131 Å². The number of methoxy groups -OCH3 is 1. The number of amides is 1. The third kappa shape index (κ3) is 3.14. The molecule has 0 unspecified atom stereocenters. The lowest BCUT2D eigenvalue weighted by molar-refractivity contribution is -0.128. The molecule has 0 spiro atoms. The standard InChI is InChI=1S/C16H24N4O2/c1-12-14(13(2)20(19-12)8-9-22-3)10-18-15(21)16(11-17)6-4-5-7-16/h4-10H2,1-3H3,(H,18,21). The third-order valence-corrected chi connectivity index (χ3v) is 4.57. The maximum Gasteiger partial charge on any atom is 0.240 e. The first-order valence-electron chi connectivity index (χ1n) is 7.75. The second-order valence-corrected chi connectivity index (χ2v) is 5.95. The van der Waals surface area contributed by atoms with Gasteiger partial charge in [0.1, 0.15) is 5.41 Å². The first-order valence-corrected chi connectivity index (χ1v) is 7.75. The van der Waals surface area contributed by atoms with E-state index in [0.717, 1.165) is 29.8 Å². The molecule has 1 saturated carbocycles. The molecule has 1 fully saturated rings. The smallest absolute Gasteiger partial charge is 0.240 e. The van der Waals surface area contributed by atoms with Gasteiger partial charge in [-0.15, -0.1) is 0 Å². The molecule has 2 rings (SSSR count). The van der Waals surface area contributed by atoms with Crippen LogP contribution in [-0.2, 0) is 22.6 Å². The second kappa shape index (κ2) is 6.93. The van der Waals surface area contributed by atoms with Gasteiger partial charge < -0.3 is 10.1 Å². The Balaban J connectivity index is 2.04. The Bertz CT molecular complexity index is 580. The molecular weight excluding hydrogens is 280 g/mol. The van der Waals surface area contributed by atoms with Crippen LogP contribution in [0.4, 0.5) is 0 Å². The van der Waals surface area contributed by atoms with Crippen molar-refractivity contribution in [2.75, 3.05) is 13.7 Å². The molecule has 6 heteroatoms. The molecule has 6 nitrogen and oxygen atoms in total. The molecular formula is C16H24N4O2. The summed E-state index contributed by atoms with van der Waals surface area (Å²) in [6.45, 7) is 5.65. The van der Waals surface area contributed by atoms with E-state index in [1.54, 1.807) is 7.11 Å². The number of rotatable bonds is 6. The molecule has 0 saturated heterocycles. The van der Waals surface area contributed by atoms with Crippen LogP contribution >= 0.6 is 0 Å². The average Bonchev–Trinajstić information content (AvgIpc) is 3.10. The van der Waals surface area contributed by atoms with Crippen molar-refractivity contribution < 1.29 is 9.53 Å². The van der Waals surface area contributed by atoms with Gasteiger partial charge in [-0.2, -0.15) is 10.4 Å². The largest absolute Gasteiger partial charge is 0.383 e. The first-order chi connectivity index (χ1) is 10.5. The number of ether oxygens (including phenoxy) is 1. The van der Waals surface area contributed by atoms with Crippen LogP contribution in [0.2, 0.25) is 0 Å². The summed E-state index contributed by atoms with van der Waals surface area (Å²) < 4.78 is 6.98. The molecule has 0 aromatic carbocycles. The van der Waals surface area contributed by atoms with Gasteiger partial charge in [-0.25, -0.2) is 0 Å². The van der Waals surface area contributed by atoms with E-state index in [4.69, 9.17) is 4.74 Å². The zero-order chi connectivity index (χ0) is 16.2. The Morgan fingerprint density at radius 1 is 1.45 bits per heavy atom. The van der Waals surface area contributed by atoms with Crippen LogP contribution in [0.3, 0.4) is 0 Å². The topological polar surface area (TPSA) is 79.9 Å². The van der Waals surface area contributed by atoms with Crippen LogP contribution in [0.25, 0.3) is 0 Å². The SMILES string of the molecule is COCCn1nc(C)c(CNC(=O)C2(C#N)CCCC2)c1C. The molecule has 1 aromatic heterocycles. The molecule has 0 radical (unpaired) electrons. The molecule has 1 heterocycles. The van der Waals surface area contributed by atoms with E-state index in [1.165, 1.54) is 0 Å². The van der Waals surface area contributed by atoms with Gasteiger partial charge in [-0.05, 0) is 26.7 Å². The number of hydrogen-bond donors (Lipinski definition) is 1. The summed E-state index contributed by atoms with van der Waals surface area (Å²) in [6.07, 6.45) is 3.24. The monoisotopic (exact) mass is 304 g/mol. The molecule has 0 aliphatic heterocycles. The second-order valence-electron chi connectivity index (χ2n) is 5.95. The fraction of sp³-hybridized carbons (Fsp3) is 0.688. The predicted molar refractivity (Wildman–Crippen MR) is 81.9 cm³/mol. The van der Waals surface area contributed by atoms with Crippen molar-refractivity contribution in [3.8, 4) is 6.07 Å². The summed E-state index contributed by atoms with van der Waals surface area (Å²) in [7, 11) is 1.66. The maximum atomic E-state index is 12.4. The van der Waals surface area contributed by atoms with Gasteiger partial charge >= 0.3 is 0 Å². The van der Waals surface area contributed by atoms with Gasteiger partial charge in [0.25, 0.3) is 0 Å². The number of aromatic nitrogens is 2. The highest BCUT2D eigenvalue weighted by Gasteiger charge is 2.41. The highest BCUT2D eigenvalue weighted by molar-refractivity contribution is 5.85. The molecule has 1 aliphatic rings. The van der Waals surface area contributed by atoms with E-state index in [0.29, 0.717) is 32.5 Å². The highest BCUT2D eigenvalue weighted by atomic mass is 16.5. The van der Waals surface area contributed by atoms with Crippen LogP contribution in [0, 0.1) is 30.6 Å². The number of carbonyl (C=O) groups is 1. The van der Waals surface area contributed by atoms with Gasteiger partial charge in [0.2, 0.25) is 5.91 Å². The van der Waals surface area contributed by atoms with E-state index in [1.807, 2.05) is 18.5 Å². The molecule has 0 bridgehead atoms. The summed E-state index contributed by atoms with van der Waals surface area (Å²) in [5.41, 5.74) is 2.14. The van der Waals surface area contributed by atoms with Gasteiger partial charge in [-0.1, -0.05) is 12.8 Å². The van der Waals surface area contributed by atoms with Crippen LogP contribution in [0.5, 0.6) is 0 Å². The summed E-state index contributed by atoms with van der Waals surface area (Å²) in [4.78, 5) is 12.4. The number of nitrogens with zero attached hydrogens (tertiary/aromatic N) is 3. The molecule has 0 atom stereocenters. The fourth-order valence-electron chi connectivity index (χ4n) is 3.09. The molecule has 22 heavy (non-hydrogen) atoms. The van der Waals surface area contributed by atoms with Gasteiger partial charge in [-0.3, -0.25) is 9.48 Å². The lowest BCUT2D eigenvalue weighted by atomic mass is 9.87. The molecule has 1 aromatic rings. The average molecular weight is 304 g/mol. The minimum atomic E-state index is -0.826. The van der Waals surface area contributed by atoms with Gasteiger partial charge in [0.05, 0.1) is 24.9 Å². The van der Waals surface area contributed by atoms with Crippen molar-refractivity contribution in [2.45, 2.75) is 52.6 Å². The fourth-order valence-corrected chi connectivity index (χ4v) is 3.09. The van der Waals surface area contributed by atoms with Gasteiger partial charge in [0, 0.05) is 24.9 Å². The number of carbonyl (C=O) groups excluding carboxylic acids is 1. The van der Waals surface area contributed by atoms with E-state index in [2.05, 4.69) is 16.5 Å². The van der Waals surface area contributed by atoms with E-state index >= 15 is 0 Å². The van der Waals surface area contributed by atoms with Crippen molar-refractivity contribution in [1.82, 2.24) is 15.1 Å². The van der Waals surface area contributed by atoms with Crippen molar-refractivity contribution in [2.24, 2.45) is 5.41 Å². The summed E-state index contributed by atoms with van der Waals surface area (Å²) in [5.74, 6) is -0.143. The van der Waals surface area contributed by atoms with Gasteiger partial charge in [0.15, 0.2) is 0 Å². The number of nitriles is 1. The lowest BCUT2D eigenvalue weighted by Gasteiger charge is -2.19.